The van der Waals surface area contributed by atoms with Gasteiger partial charge in [-0.3, -0.25) is 0 Å². The number of halogens is 1. The normalized spacial score (nSPS) is 12.4. The van der Waals surface area contributed by atoms with Gasteiger partial charge in [0.25, 0.3) is 0 Å². The number of unbranched alkanes of at least 4 members (excludes halogenated alkanes) is 1. The highest BCUT2D eigenvalue weighted by Crippen LogP contribution is 2.11. The van der Waals surface area contributed by atoms with Crippen LogP contribution in [0.3, 0.4) is 0 Å². The smallest absolute Gasteiger partial charge is 0.191 e. The maximum absolute atomic E-state index is 4.77. The van der Waals surface area contributed by atoms with Crippen molar-refractivity contribution >= 4 is 29.9 Å². The lowest BCUT2D eigenvalue weighted by Crippen LogP contribution is -2.40. The zero-order valence-electron chi connectivity index (χ0n) is 17.6. The van der Waals surface area contributed by atoms with E-state index in [-0.39, 0.29) is 24.0 Å². The van der Waals surface area contributed by atoms with E-state index in [4.69, 9.17) is 4.99 Å². The fourth-order valence-electron chi connectivity index (χ4n) is 2.88. The molecule has 0 saturated carbocycles. The molecule has 1 aromatic heterocycles. The van der Waals surface area contributed by atoms with Crippen molar-refractivity contribution in [2.24, 2.45) is 18.0 Å². The minimum Gasteiger partial charge on any atom is -0.356 e. The first-order valence-electron chi connectivity index (χ1n) is 10.0. The summed E-state index contributed by atoms with van der Waals surface area (Å²) in [5.74, 6) is 3.31. The number of aromatic nitrogens is 3. The van der Waals surface area contributed by atoms with Crippen molar-refractivity contribution in [2.45, 2.75) is 59.5 Å². The van der Waals surface area contributed by atoms with Crippen LogP contribution < -0.4 is 10.6 Å². The molecule has 1 unspecified atom stereocenters. The van der Waals surface area contributed by atoms with E-state index < -0.39 is 0 Å². The zero-order chi connectivity index (χ0) is 19.5. The topological polar surface area (TPSA) is 67.1 Å². The molecule has 0 amide bonds. The molecular weight excluding hydrogens is 463 g/mol. The van der Waals surface area contributed by atoms with Crippen LogP contribution in [0.5, 0.6) is 0 Å². The Morgan fingerprint density at radius 2 is 1.89 bits per heavy atom. The van der Waals surface area contributed by atoms with E-state index in [1.165, 1.54) is 31.2 Å². The fraction of sp³-hybridized carbons (Fsp3) is 0.571. The highest BCUT2D eigenvalue weighted by atomic mass is 127. The van der Waals surface area contributed by atoms with E-state index in [1.54, 1.807) is 0 Å². The number of rotatable bonds is 10. The predicted molar refractivity (Wildman–Crippen MR) is 127 cm³/mol. The minimum atomic E-state index is 0. The van der Waals surface area contributed by atoms with Gasteiger partial charge in [-0.25, -0.2) is 4.99 Å². The van der Waals surface area contributed by atoms with Gasteiger partial charge in [-0.05, 0) is 24.8 Å². The summed E-state index contributed by atoms with van der Waals surface area (Å²) in [4.78, 5) is 4.77. The number of aryl methyl sites for hydroxylation is 1. The van der Waals surface area contributed by atoms with Crippen molar-refractivity contribution in [2.75, 3.05) is 6.54 Å². The second kappa shape index (κ2) is 13.5. The second-order valence-corrected chi connectivity index (χ2v) is 7.02. The molecule has 0 aliphatic heterocycles. The van der Waals surface area contributed by atoms with Gasteiger partial charge in [0.05, 0.1) is 13.1 Å². The molecule has 0 radical (unpaired) electrons. The number of benzene rings is 1. The van der Waals surface area contributed by atoms with Crippen LogP contribution in [0, 0.1) is 12.8 Å². The molecule has 6 nitrogen and oxygen atoms in total. The van der Waals surface area contributed by atoms with E-state index >= 15 is 0 Å². The number of nitrogens with zero attached hydrogens (tertiary/aromatic N) is 4. The molecule has 2 rings (SSSR count). The summed E-state index contributed by atoms with van der Waals surface area (Å²) in [6.07, 6.45) is 4.97. The summed E-state index contributed by atoms with van der Waals surface area (Å²) < 4.78 is 2.00. The van der Waals surface area contributed by atoms with Crippen molar-refractivity contribution in [1.29, 1.82) is 0 Å². The van der Waals surface area contributed by atoms with Crippen LogP contribution >= 0.6 is 24.0 Å². The average Bonchev–Trinajstić information content (AvgIpc) is 3.02. The maximum Gasteiger partial charge on any atom is 0.191 e. The molecule has 2 aromatic rings. The van der Waals surface area contributed by atoms with E-state index in [9.17, 15) is 0 Å². The molecule has 28 heavy (non-hydrogen) atoms. The number of nitrogens with one attached hydrogen (secondary N) is 2. The number of aliphatic imine (C=N–C) groups is 1. The van der Waals surface area contributed by atoms with Crippen LogP contribution in [0.15, 0.2) is 35.3 Å². The molecular formula is C21H35IN6. The Hall–Kier alpha value is -1.64. The minimum absolute atomic E-state index is 0. The summed E-state index contributed by atoms with van der Waals surface area (Å²) in [6.45, 7) is 8.66. The molecule has 0 saturated heterocycles. The summed E-state index contributed by atoms with van der Waals surface area (Å²) in [5.41, 5.74) is 1.20. The zero-order valence-corrected chi connectivity index (χ0v) is 19.9. The molecule has 156 valence electrons. The highest BCUT2D eigenvalue weighted by Gasteiger charge is 2.09. The molecule has 1 heterocycles. The van der Waals surface area contributed by atoms with Crippen LogP contribution in [0.4, 0.5) is 0 Å². The lowest BCUT2D eigenvalue weighted by Gasteiger charge is -2.18. The maximum atomic E-state index is 4.77. The summed E-state index contributed by atoms with van der Waals surface area (Å²) >= 11 is 0. The molecule has 0 aliphatic rings. The molecule has 0 bridgehead atoms. The Morgan fingerprint density at radius 3 is 2.50 bits per heavy atom. The average molecular weight is 498 g/mol. The van der Waals surface area contributed by atoms with Gasteiger partial charge in [-0.1, -0.05) is 63.4 Å². The van der Waals surface area contributed by atoms with Crippen molar-refractivity contribution in [3.8, 4) is 0 Å². The molecule has 1 aromatic carbocycles. The highest BCUT2D eigenvalue weighted by molar-refractivity contribution is 14.0. The first-order valence-corrected chi connectivity index (χ1v) is 10.0. The molecule has 2 N–H and O–H groups in total. The molecule has 1 atom stereocenters. The van der Waals surface area contributed by atoms with E-state index in [0.717, 1.165) is 24.2 Å². The lowest BCUT2D eigenvalue weighted by atomic mass is 9.99. The Kier molecular flexibility index (Phi) is 11.8. The fourth-order valence-corrected chi connectivity index (χ4v) is 2.88. The molecule has 0 fully saturated rings. The standard InChI is InChI=1S/C21H34N6.HI/c1-5-7-11-18(6-2)14-22-21(23-15-19-12-9-8-10-13-19)24-16-20-26-25-17(3)27(20)4;/h8-10,12-13,18H,5-7,11,14-16H2,1-4H3,(H2,22,23,24);1H. The Labute approximate surface area is 186 Å². The van der Waals surface area contributed by atoms with Gasteiger partial charge in [0, 0.05) is 13.6 Å². The Morgan fingerprint density at radius 1 is 1.14 bits per heavy atom. The molecule has 0 spiro atoms. The largest absolute Gasteiger partial charge is 0.356 e. The Balaban J connectivity index is 0.00000392. The summed E-state index contributed by atoms with van der Waals surface area (Å²) in [6, 6.07) is 10.3. The first kappa shape index (κ1) is 24.4. The quantitative estimate of drug-likeness (QED) is 0.293. The number of guanidine groups is 1. The molecule has 7 heteroatoms. The van der Waals surface area contributed by atoms with Crippen LogP contribution in [0.2, 0.25) is 0 Å². The van der Waals surface area contributed by atoms with Crippen LogP contribution in [0.1, 0.15) is 56.7 Å². The van der Waals surface area contributed by atoms with Gasteiger partial charge in [-0.15, -0.1) is 34.2 Å². The number of hydrogen-bond donors (Lipinski definition) is 2. The van der Waals surface area contributed by atoms with Gasteiger partial charge in [0.1, 0.15) is 5.82 Å². The van der Waals surface area contributed by atoms with Gasteiger partial charge >= 0.3 is 0 Å². The van der Waals surface area contributed by atoms with Gasteiger partial charge in [0.2, 0.25) is 0 Å². The van der Waals surface area contributed by atoms with Crippen LogP contribution in [0.25, 0.3) is 0 Å². The summed E-state index contributed by atoms with van der Waals surface area (Å²) in [7, 11) is 1.98. The van der Waals surface area contributed by atoms with Crippen LogP contribution in [-0.2, 0) is 20.1 Å². The number of hydrogen-bond acceptors (Lipinski definition) is 3. The van der Waals surface area contributed by atoms with Crippen molar-refractivity contribution < 1.29 is 0 Å². The van der Waals surface area contributed by atoms with Crippen LogP contribution in [-0.4, -0.2) is 27.3 Å². The second-order valence-electron chi connectivity index (χ2n) is 7.02. The predicted octanol–water partition coefficient (Wildman–Crippen LogP) is 4.19. The van der Waals surface area contributed by atoms with Gasteiger partial charge < -0.3 is 15.2 Å². The third-order valence-corrected chi connectivity index (χ3v) is 4.96. The Bertz CT molecular complexity index is 698. The summed E-state index contributed by atoms with van der Waals surface area (Å²) in [5, 5.41) is 15.3. The van der Waals surface area contributed by atoms with E-state index in [0.29, 0.717) is 19.0 Å². The monoisotopic (exact) mass is 498 g/mol. The van der Waals surface area contributed by atoms with E-state index in [1.807, 2.05) is 36.7 Å². The van der Waals surface area contributed by atoms with Crippen molar-refractivity contribution in [1.82, 2.24) is 25.4 Å². The third-order valence-electron chi connectivity index (χ3n) is 4.96. The first-order chi connectivity index (χ1) is 13.1. The third kappa shape index (κ3) is 8.16. The SMILES string of the molecule is CCCCC(CC)CNC(=NCc1ccccc1)NCc1nnc(C)n1C.I. The van der Waals surface area contributed by atoms with Crippen molar-refractivity contribution in [3.63, 3.8) is 0 Å². The van der Waals surface area contributed by atoms with Gasteiger partial charge in [-0.2, -0.15) is 0 Å². The van der Waals surface area contributed by atoms with Crippen molar-refractivity contribution in [3.05, 3.63) is 47.5 Å². The van der Waals surface area contributed by atoms with E-state index in [2.05, 4.69) is 46.8 Å². The van der Waals surface area contributed by atoms with Gasteiger partial charge in [0.15, 0.2) is 11.8 Å². The molecule has 0 aliphatic carbocycles. The lowest BCUT2D eigenvalue weighted by molar-refractivity contribution is 0.443.